The fourth-order valence-electron chi connectivity index (χ4n) is 2.15. The van der Waals surface area contributed by atoms with Crippen LogP contribution in [0.4, 0.5) is 0 Å². The van der Waals surface area contributed by atoms with E-state index in [-0.39, 0.29) is 6.04 Å². The molecule has 0 saturated heterocycles. The molecule has 0 amide bonds. The van der Waals surface area contributed by atoms with Gasteiger partial charge in [0.15, 0.2) is 0 Å². The second-order valence-corrected chi connectivity index (χ2v) is 3.64. The average Bonchev–Trinajstić information content (AvgIpc) is 2.56. The van der Waals surface area contributed by atoms with Crippen LogP contribution in [-0.2, 0) is 0 Å². The molecule has 1 heteroatoms. The monoisotopic (exact) mass is 185 g/mol. The highest BCUT2D eigenvalue weighted by Gasteiger charge is 2.24. The maximum Gasteiger partial charge on any atom is 0.0342 e. The highest BCUT2D eigenvalue weighted by atomic mass is 14.6. The zero-order valence-corrected chi connectivity index (χ0v) is 8.46. The molecule has 0 bridgehead atoms. The van der Waals surface area contributed by atoms with Crippen molar-refractivity contribution in [1.29, 1.82) is 0 Å². The maximum atomic E-state index is 6.06. The van der Waals surface area contributed by atoms with Crippen LogP contribution in [0.3, 0.4) is 0 Å². The molecule has 0 saturated carbocycles. The minimum absolute atomic E-state index is 0.163. The quantitative estimate of drug-likeness (QED) is 0.714. The molecule has 0 radical (unpaired) electrons. The third-order valence-corrected chi connectivity index (χ3v) is 2.86. The maximum absolute atomic E-state index is 6.06. The molecule has 1 aliphatic carbocycles. The molecule has 1 nitrogen and oxygen atoms in total. The van der Waals surface area contributed by atoms with E-state index in [1.165, 1.54) is 22.3 Å². The van der Waals surface area contributed by atoms with Crippen LogP contribution in [0.5, 0.6) is 0 Å². The van der Waals surface area contributed by atoms with Gasteiger partial charge in [-0.1, -0.05) is 36.9 Å². The number of hydrogen-bond donors (Lipinski definition) is 1. The van der Waals surface area contributed by atoms with Gasteiger partial charge in [0, 0.05) is 6.04 Å². The zero-order chi connectivity index (χ0) is 10.1. The van der Waals surface area contributed by atoms with Crippen LogP contribution >= 0.6 is 0 Å². The number of rotatable bonds is 1. The van der Waals surface area contributed by atoms with Crippen molar-refractivity contribution in [2.24, 2.45) is 5.73 Å². The van der Waals surface area contributed by atoms with Gasteiger partial charge < -0.3 is 5.73 Å². The van der Waals surface area contributed by atoms with Crippen LogP contribution in [0.1, 0.15) is 36.1 Å². The lowest BCUT2D eigenvalue weighted by Gasteiger charge is -2.06. The first-order valence-electron chi connectivity index (χ1n) is 4.94. The van der Waals surface area contributed by atoms with Gasteiger partial charge in [0.1, 0.15) is 0 Å². The molecular weight excluding hydrogens is 170 g/mol. The van der Waals surface area contributed by atoms with E-state index in [1.807, 2.05) is 12.1 Å². The topological polar surface area (TPSA) is 26.0 Å². The molecular formula is C13H15N. The summed E-state index contributed by atoms with van der Waals surface area (Å²) in [6, 6.07) is 6.42. The fourth-order valence-corrected chi connectivity index (χ4v) is 2.15. The Hall–Kier alpha value is -1.34. The summed E-state index contributed by atoms with van der Waals surface area (Å²) in [6.45, 7) is 5.90. The lowest BCUT2D eigenvalue weighted by atomic mass is 10.00. The molecule has 72 valence electrons. The third-order valence-electron chi connectivity index (χ3n) is 2.86. The summed E-state index contributed by atoms with van der Waals surface area (Å²) in [4.78, 5) is 0. The first-order valence-corrected chi connectivity index (χ1v) is 4.94. The third kappa shape index (κ3) is 1.21. The van der Waals surface area contributed by atoms with Gasteiger partial charge in [-0.25, -0.2) is 0 Å². The largest absolute Gasteiger partial charge is 0.324 e. The van der Waals surface area contributed by atoms with Gasteiger partial charge in [0.2, 0.25) is 0 Å². The summed E-state index contributed by atoms with van der Waals surface area (Å²) in [6.07, 6.45) is 5.01. The van der Waals surface area contributed by atoms with Gasteiger partial charge in [-0.15, -0.1) is 0 Å². The van der Waals surface area contributed by atoms with Gasteiger partial charge in [0.25, 0.3) is 0 Å². The lowest BCUT2D eigenvalue weighted by Crippen LogP contribution is -2.04. The van der Waals surface area contributed by atoms with Crippen molar-refractivity contribution in [1.82, 2.24) is 0 Å². The van der Waals surface area contributed by atoms with Gasteiger partial charge in [-0.05, 0) is 35.6 Å². The number of hydrogen-bond acceptors (Lipinski definition) is 1. The highest BCUT2D eigenvalue weighted by Crippen LogP contribution is 2.40. The Morgan fingerprint density at radius 3 is 2.93 bits per heavy atom. The Labute approximate surface area is 84.9 Å². The van der Waals surface area contributed by atoms with Crippen molar-refractivity contribution in [3.05, 3.63) is 47.5 Å². The van der Waals surface area contributed by atoms with Crippen molar-refractivity contribution in [3.63, 3.8) is 0 Å². The number of benzene rings is 1. The van der Waals surface area contributed by atoms with E-state index in [0.717, 1.165) is 6.42 Å². The summed E-state index contributed by atoms with van der Waals surface area (Å²) >= 11 is 0. The first kappa shape index (κ1) is 9.22. The van der Waals surface area contributed by atoms with E-state index in [0.29, 0.717) is 0 Å². The van der Waals surface area contributed by atoms with E-state index in [2.05, 4.69) is 31.7 Å². The van der Waals surface area contributed by atoms with E-state index < -0.39 is 0 Å². The van der Waals surface area contributed by atoms with Gasteiger partial charge in [-0.3, -0.25) is 0 Å². The molecule has 1 atom stereocenters. The summed E-state index contributed by atoms with van der Waals surface area (Å²) in [5, 5.41) is 0. The summed E-state index contributed by atoms with van der Waals surface area (Å²) in [7, 11) is 0. The molecule has 1 unspecified atom stereocenters. The SMILES string of the molecule is C=Cc1cccc2c1/C(=C\C)CC2N. The van der Waals surface area contributed by atoms with Crippen LogP contribution in [0.2, 0.25) is 0 Å². The molecule has 0 fully saturated rings. The van der Waals surface area contributed by atoms with E-state index in [4.69, 9.17) is 5.73 Å². The molecule has 1 aliphatic rings. The smallest absolute Gasteiger partial charge is 0.0342 e. The summed E-state index contributed by atoms with van der Waals surface area (Å²) in [5.74, 6) is 0. The Morgan fingerprint density at radius 2 is 2.29 bits per heavy atom. The molecule has 0 aromatic heterocycles. The summed E-state index contributed by atoms with van der Waals surface area (Å²) in [5.41, 5.74) is 11.2. The first-order chi connectivity index (χ1) is 6.77. The predicted molar refractivity (Wildman–Crippen MR) is 61.7 cm³/mol. The Balaban J connectivity index is 2.68. The van der Waals surface area contributed by atoms with E-state index in [9.17, 15) is 0 Å². The van der Waals surface area contributed by atoms with Gasteiger partial charge in [-0.2, -0.15) is 0 Å². The standard InChI is InChI=1S/C13H15N/c1-3-9-6-5-7-11-12(14)8-10(4-2)13(9)11/h3-7,12H,1,8,14H2,2H3/b10-4-. The minimum atomic E-state index is 0.163. The van der Waals surface area contributed by atoms with Crippen LogP contribution in [0, 0.1) is 0 Å². The van der Waals surface area contributed by atoms with Gasteiger partial charge in [0.05, 0.1) is 0 Å². The average molecular weight is 185 g/mol. The minimum Gasteiger partial charge on any atom is -0.324 e. The molecule has 1 aromatic rings. The van der Waals surface area contributed by atoms with Crippen molar-refractivity contribution >= 4 is 11.6 Å². The summed E-state index contributed by atoms with van der Waals surface area (Å²) < 4.78 is 0. The fraction of sp³-hybridized carbons (Fsp3) is 0.231. The van der Waals surface area contributed by atoms with Crippen LogP contribution in [-0.4, -0.2) is 0 Å². The van der Waals surface area contributed by atoms with E-state index >= 15 is 0 Å². The number of allylic oxidation sites excluding steroid dienone is 1. The normalized spacial score (nSPS) is 22.4. The molecule has 0 spiro atoms. The van der Waals surface area contributed by atoms with Crippen LogP contribution in [0.25, 0.3) is 11.6 Å². The van der Waals surface area contributed by atoms with Crippen molar-refractivity contribution in [2.75, 3.05) is 0 Å². The number of fused-ring (bicyclic) bond motifs is 1. The van der Waals surface area contributed by atoms with Crippen LogP contribution < -0.4 is 5.73 Å². The molecule has 0 aliphatic heterocycles. The molecule has 1 aromatic carbocycles. The second-order valence-electron chi connectivity index (χ2n) is 3.64. The Kier molecular flexibility index (Phi) is 2.26. The molecule has 14 heavy (non-hydrogen) atoms. The van der Waals surface area contributed by atoms with E-state index in [1.54, 1.807) is 0 Å². The van der Waals surface area contributed by atoms with Crippen LogP contribution in [0.15, 0.2) is 30.9 Å². The number of nitrogens with two attached hydrogens (primary N) is 1. The van der Waals surface area contributed by atoms with Crippen molar-refractivity contribution in [3.8, 4) is 0 Å². The molecule has 0 heterocycles. The van der Waals surface area contributed by atoms with Gasteiger partial charge >= 0.3 is 0 Å². The second kappa shape index (κ2) is 3.43. The molecule has 2 rings (SSSR count). The van der Waals surface area contributed by atoms with Crippen molar-refractivity contribution in [2.45, 2.75) is 19.4 Å². The highest BCUT2D eigenvalue weighted by molar-refractivity contribution is 5.80. The molecule has 2 N–H and O–H groups in total. The Bertz CT molecular complexity index is 402. The zero-order valence-electron chi connectivity index (χ0n) is 8.46. The van der Waals surface area contributed by atoms with Crippen molar-refractivity contribution < 1.29 is 0 Å². The lowest BCUT2D eigenvalue weighted by molar-refractivity contribution is 0.782. The Morgan fingerprint density at radius 1 is 1.50 bits per heavy atom. The predicted octanol–water partition coefficient (Wildman–Crippen LogP) is 3.14.